The van der Waals surface area contributed by atoms with Crippen molar-refractivity contribution in [1.29, 1.82) is 0 Å². The van der Waals surface area contributed by atoms with Crippen molar-refractivity contribution < 1.29 is 23.1 Å². The molecule has 0 atom stereocenters. The summed E-state index contributed by atoms with van der Waals surface area (Å²) in [6.45, 7) is 11.9. The van der Waals surface area contributed by atoms with Gasteiger partial charge in [0.1, 0.15) is 13.2 Å². The first kappa shape index (κ1) is 27.1. The molecule has 0 aliphatic rings. The van der Waals surface area contributed by atoms with Crippen LogP contribution in [0.5, 0.6) is 0 Å². The predicted molar refractivity (Wildman–Crippen MR) is 125 cm³/mol. The molecular formula is C24H33ClO5S. The lowest BCUT2D eigenvalue weighted by Crippen LogP contribution is -2.08. The fourth-order valence-electron chi connectivity index (χ4n) is 2.95. The Hall–Kier alpha value is -1.89. The average Bonchev–Trinajstić information content (AvgIpc) is 2.71. The van der Waals surface area contributed by atoms with E-state index in [4.69, 9.17) is 15.8 Å². The van der Waals surface area contributed by atoms with Crippen molar-refractivity contribution in [2.75, 3.05) is 6.61 Å². The molecule has 0 aromatic heterocycles. The van der Waals surface area contributed by atoms with E-state index in [-0.39, 0.29) is 18.4 Å². The lowest BCUT2D eigenvalue weighted by atomic mass is 9.89. The molecule has 0 unspecified atom stereocenters. The summed E-state index contributed by atoms with van der Waals surface area (Å²) in [6, 6.07) is 13.3. The SMILES string of the molecule is CC(C)c1cc(C(C)C)c(S(=O)(=O)Cl)c(C(C)C)c1.O=C(CO)OCc1ccccc1. The number of aliphatic hydroxyl groups is 1. The number of halogens is 1. The summed E-state index contributed by atoms with van der Waals surface area (Å²) in [5.41, 5.74) is 3.73. The molecular weight excluding hydrogens is 436 g/mol. The van der Waals surface area contributed by atoms with Gasteiger partial charge in [-0.05, 0) is 40.0 Å². The van der Waals surface area contributed by atoms with Crippen molar-refractivity contribution in [3.05, 3.63) is 64.7 Å². The first-order valence-electron chi connectivity index (χ1n) is 10.3. The van der Waals surface area contributed by atoms with E-state index in [0.717, 1.165) is 22.3 Å². The summed E-state index contributed by atoms with van der Waals surface area (Å²) < 4.78 is 28.5. The molecule has 0 amide bonds. The van der Waals surface area contributed by atoms with Crippen molar-refractivity contribution in [3.63, 3.8) is 0 Å². The van der Waals surface area contributed by atoms with E-state index in [1.54, 1.807) is 0 Å². The lowest BCUT2D eigenvalue weighted by molar-refractivity contribution is -0.148. The largest absolute Gasteiger partial charge is 0.459 e. The zero-order valence-electron chi connectivity index (χ0n) is 19.1. The summed E-state index contributed by atoms with van der Waals surface area (Å²) in [7, 11) is 1.94. The minimum atomic E-state index is -3.72. The number of esters is 1. The van der Waals surface area contributed by atoms with Gasteiger partial charge in [-0.2, -0.15) is 0 Å². The first-order valence-corrected chi connectivity index (χ1v) is 12.6. The van der Waals surface area contributed by atoms with Crippen LogP contribution in [0.1, 0.15) is 81.5 Å². The standard InChI is InChI=1S/C15H23ClO2S.C9H10O3/c1-9(2)12-7-13(10(3)4)15(19(16,17)18)14(8-12)11(5)6;10-6-9(11)12-7-8-4-2-1-3-5-8/h7-11H,1-6H3;1-5,10H,6-7H2. The van der Waals surface area contributed by atoms with Gasteiger partial charge in [-0.1, -0.05) is 84.0 Å². The molecule has 0 aliphatic carbocycles. The molecule has 0 saturated carbocycles. The third-order valence-corrected chi connectivity index (χ3v) is 6.12. The van der Waals surface area contributed by atoms with Crippen molar-refractivity contribution in [2.24, 2.45) is 0 Å². The van der Waals surface area contributed by atoms with Crippen LogP contribution in [0.4, 0.5) is 0 Å². The molecule has 0 radical (unpaired) electrons. The van der Waals surface area contributed by atoms with Crippen molar-refractivity contribution >= 4 is 25.7 Å². The van der Waals surface area contributed by atoms with Crippen molar-refractivity contribution in [1.82, 2.24) is 0 Å². The van der Waals surface area contributed by atoms with Crippen LogP contribution in [0.25, 0.3) is 0 Å². The number of aliphatic hydroxyl groups excluding tert-OH is 1. The molecule has 0 saturated heterocycles. The highest BCUT2D eigenvalue weighted by molar-refractivity contribution is 8.13. The van der Waals surface area contributed by atoms with Crippen LogP contribution in [0.3, 0.4) is 0 Å². The molecule has 5 nitrogen and oxygen atoms in total. The summed E-state index contributed by atoms with van der Waals surface area (Å²) >= 11 is 0. The zero-order valence-corrected chi connectivity index (χ0v) is 20.6. The maximum atomic E-state index is 11.9. The third kappa shape index (κ3) is 8.63. The molecule has 1 N–H and O–H groups in total. The van der Waals surface area contributed by atoms with Gasteiger partial charge in [0.2, 0.25) is 0 Å². The Kier molecular flexibility index (Phi) is 10.7. The highest BCUT2D eigenvalue weighted by Crippen LogP contribution is 2.36. The monoisotopic (exact) mass is 468 g/mol. The van der Waals surface area contributed by atoms with Crippen LogP contribution < -0.4 is 0 Å². The zero-order chi connectivity index (χ0) is 23.8. The number of rotatable bonds is 7. The van der Waals surface area contributed by atoms with E-state index in [1.807, 2.05) is 70.2 Å². The molecule has 2 aromatic carbocycles. The molecule has 2 aromatic rings. The molecule has 0 fully saturated rings. The number of hydrogen-bond acceptors (Lipinski definition) is 5. The number of carbonyl (C=O) groups is 1. The second-order valence-corrected chi connectivity index (χ2v) is 10.7. The quantitative estimate of drug-likeness (QED) is 0.416. The molecule has 2 rings (SSSR count). The smallest absolute Gasteiger partial charge is 0.332 e. The first-order chi connectivity index (χ1) is 14.4. The van der Waals surface area contributed by atoms with E-state index < -0.39 is 21.6 Å². The van der Waals surface area contributed by atoms with Gasteiger partial charge in [-0.15, -0.1) is 0 Å². The fraction of sp³-hybridized carbons (Fsp3) is 0.458. The molecule has 31 heavy (non-hydrogen) atoms. The number of hydrogen-bond donors (Lipinski definition) is 1. The highest BCUT2D eigenvalue weighted by atomic mass is 35.7. The molecule has 172 valence electrons. The topological polar surface area (TPSA) is 80.7 Å². The molecule has 7 heteroatoms. The second-order valence-electron chi connectivity index (χ2n) is 8.23. The van der Waals surface area contributed by atoms with Gasteiger partial charge in [0.15, 0.2) is 0 Å². The number of ether oxygens (including phenoxy) is 1. The summed E-state index contributed by atoms with van der Waals surface area (Å²) in [5, 5.41) is 8.34. The van der Waals surface area contributed by atoms with E-state index in [2.05, 4.69) is 18.6 Å². The summed E-state index contributed by atoms with van der Waals surface area (Å²) in [5.74, 6) is 0.0142. The third-order valence-electron chi connectivity index (χ3n) is 4.69. The molecule has 0 aliphatic heterocycles. The lowest BCUT2D eigenvalue weighted by Gasteiger charge is -2.20. The Morgan fingerprint density at radius 1 is 0.935 bits per heavy atom. The Balaban J connectivity index is 0.000000343. The number of carbonyl (C=O) groups excluding carboxylic acids is 1. The maximum absolute atomic E-state index is 11.9. The van der Waals surface area contributed by atoms with Crippen molar-refractivity contribution in [3.8, 4) is 0 Å². The van der Waals surface area contributed by atoms with Gasteiger partial charge in [-0.25, -0.2) is 13.2 Å². The molecule has 0 spiro atoms. The maximum Gasteiger partial charge on any atom is 0.332 e. The molecule has 0 bridgehead atoms. The summed E-state index contributed by atoms with van der Waals surface area (Å²) in [6.07, 6.45) is 0. The minimum absolute atomic E-state index is 0.125. The highest BCUT2D eigenvalue weighted by Gasteiger charge is 2.25. The van der Waals surface area contributed by atoms with E-state index in [1.165, 1.54) is 0 Å². The fourth-order valence-corrected chi connectivity index (χ4v) is 4.64. The Bertz CT molecular complexity index is 922. The minimum Gasteiger partial charge on any atom is -0.459 e. The Morgan fingerprint density at radius 2 is 1.42 bits per heavy atom. The van der Waals surface area contributed by atoms with Crippen LogP contribution in [0, 0.1) is 0 Å². The van der Waals surface area contributed by atoms with E-state index in [0.29, 0.717) is 10.8 Å². The normalized spacial score (nSPS) is 11.5. The van der Waals surface area contributed by atoms with Crippen LogP contribution in [0.2, 0.25) is 0 Å². The summed E-state index contributed by atoms with van der Waals surface area (Å²) in [4.78, 5) is 10.8. The van der Waals surface area contributed by atoms with Crippen LogP contribution in [-0.2, 0) is 25.2 Å². The van der Waals surface area contributed by atoms with E-state index in [9.17, 15) is 13.2 Å². The van der Waals surface area contributed by atoms with Gasteiger partial charge in [0.05, 0.1) is 4.90 Å². The van der Waals surface area contributed by atoms with E-state index >= 15 is 0 Å². The van der Waals surface area contributed by atoms with Gasteiger partial charge in [0.25, 0.3) is 9.05 Å². The van der Waals surface area contributed by atoms with Gasteiger partial charge in [-0.3, -0.25) is 0 Å². The van der Waals surface area contributed by atoms with Crippen LogP contribution in [0.15, 0.2) is 47.4 Å². The molecule has 0 heterocycles. The second kappa shape index (κ2) is 12.2. The van der Waals surface area contributed by atoms with Crippen LogP contribution >= 0.6 is 10.7 Å². The van der Waals surface area contributed by atoms with Gasteiger partial charge in [0, 0.05) is 10.7 Å². The predicted octanol–water partition coefficient (Wildman–Crippen LogP) is 5.71. The average molecular weight is 469 g/mol. The van der Waals surface area contributed by atoms with Crippen molar-refractivity contribution in [2.45, 2.75) is 70.8 Å². The van der Waals surface area contributed by atoms with Gasteiger partial charge < -0.3 is 9.84 Å². The van der Waals surface area contributed by atoms with Crippen LogP contribution in [-0.4, -0.2) is 26.1 Å². The number of benzene rings is 2. The van der Waals surface area contributed by atoms with Gasteiger partial charge >= 0.3 is 5.97 Å². The Labute approximate surface area is 190 Å². The Morgan fingerprint density at radius 3 is 1.77 bits per heavy atom.